The van der Waals surface area contributed by atoms with E-state index in [1.165, 1.54) is 0 Å². The molecule has 4 nitrogen and oxygen atoms in total. The summed E-state index contributed by atoms with van der Waals surface area (Å²) in [6, 6.07) is 0. The van der Waals surface area contributed by atoms with Gasteiger partial charge in [0.2, 0.25) is 0 Å². The monoisotopic (exact) mass is 355 g/mol. The molecule has 0 spiro atoms. The van der Waals surface area contributed by atoms with Crippen molar-refractivity contribution in [3.8, 4) is 0 Å². The quantitative estimate of drug-likeness (QED) is 0.339. The van der Waals surface area contributed by atoms with Gasteiger partial charge in [0.25, 0.3) is 0 Å². The minimum atomic E-state index is -5.39. The van der Waals surface area contributed by atoms with Gasteiger partial charge in [0.15, 0.2) is 0 Å². The third-order valence-corrected chi connectivity index (χ3v) is 0. The van der Waals surface area contributed by atoms with E-state index in [1.807, 2.05) is 0 Å². The maximum atomic E-state index is 8.55. The molecule has 0 aromatic rings. The topological polar surface area (TPSA) is 86.2 Å². The van der Waals surface area contributed by atoms with Crippen LogP contribution in [0, 0.1) is 41.7 Å². The fraction of sp³-hybridized carbons (Fsp3) is 0. The maximum absolute atomic E-state index is 8.55. The molecular formula is CeO4PSn+4. The number of rotatable bonds is 0. The summed E-state index contributed by atoms with van der Waals surface area (Å²) in [7, 11) is -5.39. The van der Waals surface area contributed by atoms with Gasteiger partial charge >= 0.3 is 65.7 Å². The van der Waals surface area contributed by atoms with Crippen molar-refractivity contribution in [3.63, 3.8) is 0 Å². The zero-order valence-corrected chi connectivity index (χ0v) is 9.97. The zero-order valence-electron chi connectivity index (χ0n) is 3.08. The summed E-state index contributed by atoms with van der Waals surface area (Å²) < 4.78 is 8.55. The van der Waals surface area contributed by atoms with E-state index in [4.69, 9.17) is 19.2 Å². The van der Waals surface area contributed by atoms with Gasteiger partial charge in [-0.1, -0.05) is 0 Å². The van der Waals surface area contributed by atoms with Crippen LogP contribution in [0.15, 0.2) is 0 Å². The van der Waals surface area contributed by atoms with Crippen molar-refractivity contribution in [1.82, 2.24) is 0 Å². The molecule has 0 saturated heterocycles. The van der Waals surface area contributed by atoms with Crippen molar-refractivity contribution in [2.24, 2.45) is 0 Å². The normalized spacial score (nSPS) is 8.43. The van der Waals surface area contributed by atoms with Crippen molar-refractivity contribution in [3.05, 3.63) is 0 Å². The number of hydrogen-bond donors (Lipinski definition) is 0. The van der Waals surface area contributed by atoms with Gasteiger partial charge in [0.05, 0.1) is 0 Å². The van der Waals surface area contributed by atoms with Crippen LogP contribution in [-0.2, 0) is 4.57 Å². The molecule has 0 atom stereocenters. The molecule has 33 valence electrons. The van der Waals surface area contributed by atoms with Crippen molar-refractivity contribution in [2.45, 2.75) is 0 Å². The fourth-order valence-corrected chi connectivity index (χ4v) is 0. The molecule has 0 unspecified atom stereocenters. The molecule has 7 heavy (non-hydrogen) atoms. The Morgan fingerprint density at radius 2 is 1.14 bits per heavy atom. The van der Waals surface area contributed by atoms with Gasteiger partial charge in [0, 0.05) is 0 Å². The summed E-state index contributed by atoms with van der Waals surface area (Å²) in [5, 5.41) is 0. The van der Waals surface area contributed by atoms with E-state index >= 15 is 0 Å². The molecule has 0 aromatic carbocycles. The third-order valence-electron chi connectivity index (χ3n) is 0. The average molecular weight is 354 g/mol. The Balaban J connectivity index is -0.0000000800. The Kier molecular flexibility index (Phi) is 14.8. The molecule has 0 bridgehead atoms. The van der Waals surface area contributed by atoms with E-state index in [-0.39, 0.29) is 65.7 Å². The first-order valence-electron chi connectivity index (χ1n) is 0.730. The van der Waals surface area contributed by atoms with Crippen LogP contribution >= 0.6 is 7.82 Å². The molecule has 0 fully saturated rings. The Bertz CT molecular complexity index is 57.8. The second-order valence-electron chi connectivity index (χ2n) is 0.447. The molecule has 0 amide bonds. The molecular weight excluding hydrogens is 354 g/mol. The Labute approximate surface area is 91.3 Å². The van der Waals surface area contributed by atoms with Gasteiger partial charge in [-0.3, -0.25) is 0 Å². The summed E-state index contributed by atoms with van der Waals surface area (Å²) in [5.74, 6) is 0. The van der Waals surface area contributed by atoms with E-state index in [0.717, 1.165) is 0 Å². The van der Waals surface area contributed by atoms with E-state index in [1.54, 1.807) is 0 Å². The van der Waals surface area contributed by atoms with Crippen LogP contribution in [0.25, 0.3) is 0 Å². The van der Waals surface area contributed by atoms with Crippen LogP contribution in [0.3, 0.4) is 0 Å². The first kappa shape index (κ1) is 16.1. The molecule has 1 radical (unpaired) electrons. The maximum Gasteiger partial charge on any atom is 4.00 e. The molecule has 0 saturated carbocycles. The number of phosphoric acid groups is 1. The SMILES string of the molecule is O=P([O-])([O-])[O-].[Ce+3].[Sn+4]. The van der Waals surface area contributed by atoms with Crippen LogP contribution in [0.4, 0.5) is 0 Å². The third kappa shape index (κ3) is 62.7. The van der Waals surface area contributed by atoms with Gasteiger partial charge in [-0.25, -0.2) is 0 Å². The molecule has 0 aliphatic carbocycles. The Hall–Kier alpha value is 2.29. The van der Waals surface area contributed by atoms with Crippen LogP contribution < -0.4 is 14.7 Å². The van der Waals surface area contributed by atoms with Crippen LogP contribution in [0.2, 0.25) is 0 Å². The van der Waals surface area contributed by atoms with Gasteiger partial charge < -0.3 is 19.2 Å². The standard InChI is InChI=1S/Ce.H3O4P.Sn/c;1-5(2,3)4;/h;(H3,1,2,3,4);/q+3;;+4/p-3. The first-order valence-corrected chi connectivity index (χ1v) is 2.19. The fourth-order valence-electron chi connectivity index (χ4n) is 0. The summed E-state index contributed by atoms with van der Waals surface area (Å²) >= 11 is 0. The Morgan fingerprint density at radius 1 is 1.14 bits per heavy atom. The summed E-state index contributed by atoms with van der Waals surface area (Å²) in [5.41, 5.74) is 0. The second-order valence-corrected chi connectivity index (χ2v) is 1.34. The smallest absolute Gasteiger partial charge is 0.822 e. The molecule has 0 aromatic heterocycles. The van der Waals surface area contributed by atoms with Gasteiger partial charge in [-0.05, 0) is 0 Å². The molecule has 0 aliphatic heterocycles. The summed E-state index contributed by atoms with van der Waals surface area (Å²) in [6.45, 7) is 0. The van der Waals surface area contributed by atoms with Gasteiger partial charge in [0.1, 0.15) is 0 Å². The second kappa shape index (κ2) is 6.41. The predicted molar refractivity (Wildman–Crippen MR) is 13.4 cm³/mol. The molecule has 0 heterocycles. The molecule has 0 N–H and O–H groups in total. The molecule has 0 rings (SSSR count). The van der Waals surface area contributed by atoms with E-state index in [0.29, 0.717) is 0 Å². The van der Waals surface area contributed by atoms with Crippen molar-refractivity contribution in [2.75, 3.05) is 0 Å². The molecule has 7 heteroatoms. The average Bonchev–Trinajstić information content (AvgIpc) is 0.722. The first-order chi connectivity index (χ1) is 2.00. The van der Waals surface area contributed by atoms with Gasteiger partial charge in [-0.15, -0.1) is 0 Å². The minimum absolute atomic E-state index is 0. The number of hydrogen-bond acceptors (Lipinski definition) is 4. The van der Waals surface area contributed by atoms with Crippen LogP contribution in [0.5, 0.6) is 0 Å². The predicted octanol–water partition coefficient (Wildman–Crippen LogP) is -3.21. The Morgan fingerprint density at radius 3 is 1.14 bits per heavy atom. The van der Waals surface area contributed by atoms with E-state index in [9.17, 15) is 0 Å². The summed E-state index contributed by atoms with van der Waals surface area (Å²) in [6.07, 6.45) is 0. The van der Waals surface area contributed by atoms with Crippen molar-refractivity contribution in [1.29, 1.82) is 0 Å². The minimum Gasteiger partial charge on any atom is -0.822 e. The molecule has 0 aliphatic rings. The van der Waals surface area contributed by atoms with Crippen molar-refractivity contribution < 1.29 is 61.0 Å². The van der Waals surface area contributed by atoms with Crippen molar-refractivity contribution >= 4 is 31.7 Å². The van der Waals surface area contributed by atoms with Crippen LogP contribution in [-0.4, -0.2) is 23.9 Å². The summed E-state index contributed by atoms with van der Waals surface area (Å²) in [4.78, 5) is 25.6. The van der Waals surface area contributed by atoms with Gasteiger partial charge in [-0.2, -0.15) is 7.82 Å². The largest absolute Gasteiger partial charge is 4.00 e. The van der Waals surface area contributed by atoms with E-state index < -0.39 is 7.82 Å². The zero-order chi connectivity index (χ0) is 4.50. The van der Waals surface area contributed by atoms with Crippen LogP contribution in [0.1, 0.15) is 0 Å². The van der Waals surface area contributed by atoms with E-state index in [2.05, 4.69) is 0 Å².